The minimum Gasteiger partial charge on any atom is -0.396 e. The number of hydrogen-bond acceptors (Lipinski definition) is 4. The second-order valence-electron chi connectivity index (χ2n) is 3.71. The highest BCUT2D eigenvalue weighted by atomic mass is 32.2. The number of nitrogen functional groups attached to an aromatic ring is 1. The minimum absolute atomic E-state index is 0.236. The molecule has 3 aromatic rings. The average Bonchev–Trinajstić information content (AvgIpc) is 2.84. The fourth-order valence-electron chi connectivity index (χ4n) is 1.67. The minimum atomic E-state index is -0.236. The number of fused-ring (bicyclic) bond motifs is 1. The van der Waals surface area contributed by atoms with E-state index >= 15 is 0 Å². The summed E-state index contributed by atoms with van der Waals surface area (Å²) in [7, 11) is 0. The predicted molar refractivity (Wildman–Crippen MR) is 74.6 cm³/mol. The van der Waals surface area contributed by atoms with Crippen LogP contribution in [0.25, 0.3) is 10.2 Å². The smallest absolute Gasteiger partial charge is 0.137 e. The van der Waals surface area contributed by atoms with E-state index in [0.717, 1.165) is 15.1 Å². The Morgan fingerprint density at radius 3 is 2.78 bits per heavy atom. The van der Waals surface area contributed by atoms with Crippen LogP contribution in [-0.2, 0) is 0 Å². The van der Waals surface area contributed by atoms with Gasteiger partial charge in [-0.2, -0.15) is 0 Å². The molecular weight excluding hydrogens is 267 g/mol. The topological polar surface area (TPSA) is 38.9 Å². The number of benzene rings is 2. The third-order valence-electron chi connectivity index (χ3n) is 2.56. The Morgan fingerprint density at radius 1 is 1.11 bits per heavy atom. The normalized spacial score (nSPS) is 10.9. The number of aromatic nitrogens is 1. The van der Waals surface area contributed by atoms with Crippen LogP contribution in [0, 0.1) is 5.82 Å². The summed E-state index contributed by atoms with van der Waals surface area (Å²) < 4.78 is 14.6. The third kappa shape index (κ3) is 1.95. The maximum absolute atomic E-state index is 13.6. The van der Waals surface area contributed by atoms with Crippen LogP contribution in [0.5, 0.6) is 0 Å². The summed E-state index contributed by atoms with van der Waals surface area (Å²) in [6.45, 7) is 0. The molecule has 0 spiro atoms. The van der Waals surface area contributed by atoms with Gasteiger partial charge >= 0.3 is 0 Å². The highest BCUT2D eigenvalue weighted by molar-refractivity contribution is 7.99. The van der Waals surface area contributed by atoms with E-state index in [4.69, 9.17) is 5.73 Å². The molecule has 18 heavy (non-hydrogen) atoms. The zero-order chi connectivity index (χ0) is 12.5. The van der Waals surface area contributed by atoms with Crippen LogP contribution in [0.4, 0.5) is 10.1 Å². The maximum Gasteiger partial charge on any atom is 0.137 e. The van der Waals surface area contributed by atoms with Gasteiger partial charge in [0.05, 0.1) is 15.9 Å². The molecule has 0 fully saturated rings. The summed E-state index contributed by atoms with van der Waals surface area (Å²) in [5, 5.41) is 0. The van der Waals surface area contributed by atoms with Gasteiger partial charge in [0.15, 0.2) is 0 Å². The molecule has 0 saturated heterocycles. The monoisotopic (exact) mass is 276 g/mol. The lowest BCUT2D eigenvalue weighted by atomic mass is 10.3. The number of thiazole rings is 1. The molecule has 0 saturated carbocycles. The number of rotatable bonds is 2. The zero-order valence-electron chi connectivity index (χ0n) is 9.26. The van der Waals surface area contributed by atoms with Gasteiger partial charge in [0.2, 0.25) is 0 Å². The molecule has 2 N–H and O–H groups in total. The molecule has 5 heteroatoms. The summed E-state index contributed by atoms with van der Waals surface area (Å²) in [4.78, 5) is 5.63. The van der Waals surface area contributed by atoms with Crippen molar-refractivity contribution in [1.29, 1.82) is 0 Å². The van der Waals surface area contributed by atoms with Crippen molar-refractivity contribution in [2.75, 3.05) is 5.73 Å². The Morgan fingerprint density at radius 2 is 1.94 bits per heavy atom. The van der Waals surface area contributed by atoms with Crippen LogP contribution in [-0.4, -0.2) is 4.98 Å². The van der Waals surface area contributed by atoms with Gasteiger partial charge in [-0.05, 0) is 24.3 Å². The van der Waals surface area contributed by atoms with Crippen molar-refractivity contribution in [3.63, 3.8) is 0 Å². The van der Waals surface area contributed by atoms with Crippen LogP contribution in [0.2, 0.25) is 0 Å². The SMILES string of the molecule is Nc1c(Sc2ccccc2F)ccc2scnc12. The van der Waals surface area contributed by atoms with E-state index < -0.39 is 0 Å². The van der Waals surface area contributed by atoms with Gasteiger partial charge in [-0.3, -0.25) is 0 Å². The van der Waals surface area contributed by atoms with Crippen molar-refractivity contribution in [3.05, 3.63) is 47.7 Å². The lowest BCUT2D eigenvalue weighted by Gasteiger charge is -2.06. The molecule has 0 unspecified atom stereocenters. The van der Waals surface area contributed by atoms with Crippen molar-refractivity contribution in [3.8, 4) is 0 Å². The highest BCUT2D eigenvalue weighted by Gasteiger charge is 2.10. The van der Waals surface area contributed by atoms with Crippen molar-refractivity contribution in [2.24, 2.45) is 0 Å². The number of hydrogen-bond donors (Lipinski definition) is 1. The third-order valence-corrected chi connectivity index (χ3v) is 4.48. The summed E-state index contributed by atoms with van der Waals surface area (Å²) in [6, 6.07) is 10.5. The van der Waals surface area contributed by atoms with Gasteiger partial charge < -0.3 is 5.73 Å². The Kier molecular flexibility index (Phi) is 2.93. The zero-order valence-corrected chi connectivity index (χ0v) is 10.9. The van der Waals surface area contributed by atoms with E-state index in [-0.39, 0.29) is 5.82 Å². The molecule has 1 aromatic heterocycles. The molecule has 90 valence electrons. The Bertz CT molecular complexity index is 709. The standard InChI is InChI=1S/C13H9FN2S2/c14-8-3-1-2-4-9(8)18-10-5-6-11-13(12(10)15)16-7-17-11/h1-7H,15H2. The lowest BCUT2D eigenvalue weighted by Crippen LogP contribution is -1.90. The van der Waals surface area contributed by atoms with Crippen LogP contribution in [0.1, 0.15) is 0 Å². The van der Waals surface area contributed by atoms with E-state index in [1.165, 1.54) is 17.8 Å². The average molecular weight is 276 g/mol. The van der Waals surface area contributed by atoms with Crippen LogP contribution in [0.15, 0.2) is 51.7 Å². The highest BCUT2D eigenvalue weighted by Crippen LogP contribution is 2.37. The molecule has 0 atom stereocenters. The molecule has 0 bridgehead atoms. The maximum atomic E-state index is 13.6. The second kappa shape index (κ2) is 4.59. The molecule has 0 amide bonds. The van der Waals surface area contributed by atoms with E-state index in [0.29, 0.717) is 10.6 Å². The number of anilines is 1. The Balaban J connectivity index is 2.05. The summed E-state index contributed by atoms with van der Waals surface area (Å²) in [6.07, 6.45) is 0. The Labute approximate surface area is 112 Å². The first-order valence-electron chi connectivity index (χ1n) is 5.30. The largest absolute Gasteiger partial charge is 0.396 e. The molecule has 1 heterocycles. The first-order chi connectivity index (χ1) is 8.75. The van der Waals surface area contributed by atoms with Crippen LogP contribution in [0.3, 0.4) is 0 Å². The van der Waals surface area contributed by atoms with Crippen molar-refractivity contribution in [2.45, 2.75) is 9.79 Å². The summed E-state index contributed by atoms with van der Waals surface area (Å²) in [5.41, 5.74) is 9.23. The molecule has 0 radical (unpaired) electrons. The molecule has 0 aliphatic heterocycles. The first-order valence-corrected chi connectivity index (χ1v) is 6.99. The Hall–Kier alpha value is -1.59. The van der Waals surface area contributed by atoms with Gasteiger partial charge in [-0.15, -0.1) is 11.3 Å². The molecule has 2 aromatic carbocycles. The lowest BCUT2D eigenvalue weighted by molar-refractivity contribution is 0.602. The second-order valence-corrected chi connectivity index (χ2v) is 5.68. The fourth-order valence-corrected chi connectivity index (χ4v) is 3.25. The van der Waals surface area contributed by atoms with E-state index in [1.807, 2.05) is 18.2 Å². The van der Waals surface area contributed by atoms with Gasteiger partial charge in [0.25, 0.3) is 0 Å². The van der Waals surface area contributed by atoms with E-state index in [1.54, 1.807) is 29.0 Å². The van der Waals surface area contributed by atoms with Gasteiger partial charge in [-0.1, -0.05) is 23.9 Å². The number of nitrogens with zero attached hydrogens (tertiary/aromatic N) is 1. The molecule has 0 aliphatic rings. The molecular formula is C13H9FN2S2. The van der Waals surface area contributed by atoms with Crippen molar-refractivity contribution < 1.29 is 4.39 Å². The van der Waals surface area contributed by atoms with Gasteiger partial charge in [0, 0.05) is 9.79 Å². The van der Waals surface area contributed by atoms with E-state index in [2.05, 4.69) is 4.98 Å². The van der Waals surface area contributed by atoms with Gasteiger partial charge in [0.1, 0.15) is 11.3 Å². The quantitative estimate of drug-likeness (QED) is 0.714. The summed E-state index contributed by atoms with van der Waals surface area (Å²) in [5.74, 6) is -0.236. The first kappa shape index (κ1) is 11.5. The van der Waals surface area contributed by atoms with Crippen LogP contribution >= 0.6 is 23.1 Å². The number of nitrogens with two attached hydrogens (primary N) is 1. The molecule has 0 aliphatic carbocycles. The van der Waals surface area contributed by atoms with Gasteiger partial charge in [-0.25, -0.2) is 9.37 Å². The van der Waals surface area contributed by atoms with Crippen molar-refractivity contribution in [1.82, 2.24) is 4.98 Å². The molecule has 2 nitrogen and oxygen atoms in total. The summed E-state index contributed by atoms with van der Waals surface area (Å²) >= 11 is 2.87. The van der Waals surface area contributed by atoms with Crippen LogP contribution < -0.4 is 5.73 Å². The number of halogens is 1. The fraction of sp³-hybridized carbons (Fsp3) is 0. The van der Waals surface area contributed by atoms with Crippen molar-refractivity contribution >= 4 is 39.0 Å². The molecule has 3 rings (SSSR count). The predicted octanol–water partition coefficient (Wildman–Crippen LogP) is 4.17. The van der Waals surface area contributed by atoms with E-state index in [9.17, 15) is 4.39 Å².